The first-order valence-corrected chi connectivity index (χ1v) is 7.89. The summed E-state index contributed by atoms with van der Waals surface area (Å²) in [6, 6.07) is 8.75. The van der Waals surface area contributed by atoms with Crippen LogP contribution in [-0.2, 0) is 14.2 Å². The number of benzene rings is 1. The highest BCUT2D eigenvalue weighted by atomic mass is 79.9. The molecular weight excluding hydrogens is 340 g/mol. The van der Waals surface area contributed by atoms with Gasteiger partial charge in [-0.1, -0.05) is 41.1 Å². The average Bonchev–Trinajstić information content (AvgIpc) is 2.53. The van der Waals surface area contributed by atoms with Crippen LogP contribution < -0.4 is 0 Å². The molecule has 1 aliphatic rings. The molecule has 0 aliphatic carbocycles. The van der Waals surface area contributed by atoms with Crippen molar-refractivity contribution in [3.63, 3.8) is 0 Å². The standard InChI is InChI=1S/C15H19BrO5/c1-9-12(17)15(19-2)20-11(8-16)13(9)21-14(18)10-6-4-3-5-7-10/h3-7,9,11-13,15,17H,8H2,1-2H3. The van der Waals surface area contributed by atoms with Crippen molar-refractivity contribution in [3.8, 4) is 0 Å². The van der Waals surface area contributed by atoms with E-state index in [0.29, 0.717) is 10.9 Å². The smallest absolute Gasteiger partial charge is 0.338 e. The maximum atomic E-state index is 12.2. The second-order valence-electron chi connectivity index (χ2n) is 5.02. The quantitative estimate of drug-likeness (QED) is 0.658. The molecule has 1 N–H and O–H groups in total. The molecule has 2 rings (SSSR count). The van der Waals surface area contributed by atoms with E-state index in [1.54, 1.807) is 24.3 Å². The van der Waals surface area contributed by atoms with Crippen LogP contribution in [0.1, 0.15) is 17.3 Å². The molecule has 21 heavy (non-hydrogen) atoms. The minimum Gasteiger partial charge on any atom is -0.456 e. The number of rotatable bonds is 4. The number of halogens is 1. The zero-order valence-corrected chi connectivity index (χ0v) is 13.5. The number of hydrogen-bond acceptors (Lipinski definition) is 5. The lowest BCUT2D eigenvalue weighted by atomic mass is 9.91. The van der Waals surface area contributed by atoms with Gasteiger partial charge in [-0.3, -0.25) is 0 Å². The summed E-state index contributed by atoms with van der Waals surface area (Å²) < 4.78 is 16.3. The van der Waals surface area contributed by atoms with Gasteiger partial charge in [0.1, 0.15) is 18.3 Å². The Hall–Kier alpha value is -0.950. The minimum absolute atomic E-state index is 0.293. The van der Waals surface area contributed by atoms with Gasteiger partial charge < -0.3 is 19.3 Å². The summed E-state index contributed by atoms with van der Waals surface area (Å²) in [4.78, 5) is 12.2. The first-order chi connectivity index (χ1) is 10.1. The third-order valence-electron chi connectivity index (χ3n) is 3.65. The number of carbonyl (C=O) groups excluding carboxylic acids is 1. The zero-order valence-electron chi connectivity index (χ0n) is 11.9. The van der Waals surface area contributed by atoms with E-state index in [0.717, 1.165) is 0 Å². The van der Waals surface area contributed by atoms with Crippen LogP contribution >= 0.6 is 15.9 Å². The van der Waals surface area contributed by atoms with E-state index >= 15 is 0 Å². The van der Waals surface area contributed by atoms with Crippen LogP contribution in [0.2, 0.25) is 0 Å². The molecule has 0 saturated carbocycles. The van der Waals surface area contributed by atoms with Crippen molar-refractivity contribution < 1.29 is 24.1 Å². The van der Waals surface area contributed by atoms with Crippen molar-refractivity contribution in [3.05, 3.63) is 35.9 Å². The van der Waals surface area contributed by atoms with E-state index in [1.807, 2.05) is 13.0 Å². The lowest BCUT2D eigenvalue weighted by Gasteiger charge is -2.41. The van der Waals surface area contributed by atoms with Crippen LogP contribution in [0.15, 0.2) is 30.3 Å². The van der Waals surface area contributed by atoms with Crippen molar-refractivity contribution >= 4 is 21.9 Å². The van der Waals surface area contributed by atoms with Gasteiger partial charge in [0.05, 0.1) is 5.56 Å². The number of ether oxygens (including phenoxy) is 3. The Kier molecular flexibility index (Phi) is 5.75. The topological polar surface area (TPSA) is 65.0 Å². The van der Waals surface area contributed by atoms with Gasteiger partial charge >= 0.3 is 5.97 Å². The molecule has 1 aliphatic heterocycles. The summed E-state index contributed by atoms with van der Waals surface area (Å²) in [5.74, 6) is -0.719. The van der Waals surface area contributed by atoms with Crippen LogP contribution in [0.4, 0.5) is 0 Å². The summed E-state index contributed by atoms with van der Waals surface area (Å²) in [5.41, 5.74) is 0.473. The molecule has 5 nitrogen and oxygen atoms in total. The van der Waals surface area contributed by atoms with Crippen molar-refractivity contribution in [2.75, 3.05) is 12.4 Å². The molecular formula is C15H19BrO5. The van der Waals surface area contributed by atoms with Gasteiger partial charge in [-0.15, -0.1) is 0 Å². The minimum atomic E-state index is -0.848. The lowest BCUT2D eigenvalue weighted by molar-refractivity contribution is -0.268. The Morgan fingerprint density at radius 1 is 1.38 bits per heavy atom. The maximum absolute atomic E-state index is 12.2. The Morgan fingerprint density at radius 2 is 2.05 bits per heavy atom. The molecule has 1 aromatic rings. The fraction of sp³-hybridized carbons (Fsp3) is 0.533. The van der Waals surface area contributed by atoms with E-state index in [4.69, 9.17) is 14.2 Å². The van der Waals surface area contributed by atoms with Crippen molar-refractivity contribution in [1.29, 1.82) is 0 Å². The van der Waals surface area contributed by atoms with Gasteiger partial charge in [0.25, 0.3) is 0 Å². The Balaban J connectivity index is 2.11. The zero-order chi connectivity index (χ0) is 15.4. The summed E-state index contributed by atoms with van der Waals surface area (Å²) in [7, 11) is 1.47. The fourth-order valence-electron chi connectivity index (χ4n) is 2.38. The molecule has 1 saturated heterocycles. The molecule has 0 bridgehead atoms. The number of alkyl halides is 1. The van der Waals surface area contributed by atoms with Gasteiger partial charge in [-0.25, -0.2) is 4.79 Å². The first kappa shape index (κ1) is 16.4. The van der Waals surface area contributed by atoms with Crippen molar-refractivity contribution in [2.24, 2.45) is 5.92 Å². The third-order valence-corrected chi connectivity index (χ3v) is 4.29. The largest absolute Gasteiger partial charge is 0.456 e. The van der Waals surface area contributed by atoms with Crippen LogP contribution in [0.3, 0.4) is 0 Å². The summed E-state index contributed by atoms with van der Waals surface area (Å²) in [6.45, 7) is 1.82. The molecule has 116 valence electrons. The highest BCUT2D eigenvalue weighted by Gasteiger charge is 2.44. The van der Waals surface area contributed by atoms with E-state index < -0.39 is 24.5 Å². The molecule has 1 aromatic carbocycles. The molecule has 0 amide bonds. The Bertz CT molecular complexity index is 464. The summed E-state index contributed by atoms with van der Waals surface area (Å²) >= 11 is 3.35. The molecule has 0 aromatic heterocycles. The van der Waals surface area contributed by atoms with E-state index in [-0.39, 0.29) is 12.0 Å². The molecule has 6 heteroatoms. The Morgan fingerprint density at radius 3 is 2.62 bits per heavy atom. The van der Waals surface area contributed by atoms with Gasteiger partial charge in [-0.2, -0.15) is 0 Å². The molecule has 1 heterocycles. The second kappa shape index (κ2) is 7.35. The monoisotopic (exact) mass is 358 g/mol. The number of hydrogen-bond donors (Lipinski definition) is 1. The van der Waals surface area contributed by atoms with Gasteiger partial charge in [-0.05, 0) is 12.1 Å². The molecule has 1 fully saturated rings. The van der Waals surface area contributed by atoms with E-state index in [9.17, 15) is 9.90 Å². The summed E-state index contributed by atoms with van der Waals surface area (Å²) in [6.07, 6.45) is -2.48. The van der Waals surface area contributed by atoms with Gasteiger partial charge in [0.2, 0.25) is 0 Å². The lowest BCUT2D eigenvalue weighted by Crippen LogP contribution is -2.55. The molecule has 5 atom stereocenters. The predicted octanol–water partition coefficient (Wildman–Crippen LogP) is 1.98. The normalized spacial score (nSPS) is 32.7. The number of aliphatic hydroxyl groups is 1. The number of esters is 1. The molecule has 0 spiro atoms. The maximum Gasteiger partial charge on any atom is 0.338 e. The van der Waals surface area contributed by atoms with Gasteiger partial charge in [0.15, 0.2) is 6.29 Å². The average molecular weight is 359 g/mol. The predicted molar refractivity (Wildman–Crippen MR) is 80.3 cm³/mol. The molecule has 0 radical (unpaired) electrons. The van der Waals surface area contributed by atoms with Crippen molar-refractivity contribution in [2.45, 2.75) is 31.5 Å². The van der Waals surface area contributed by atoms with Crippen LogP contribution in [0.5, 0.6) is 0 Å². The first-order valence-electron chi connectivity index (χ1n) is 6.76. The molecule has 5 unspecified atom stereocenters. The van der Waals surface area contributed by atoms with Crippen molar-refractivity contribution in [1.82, 2.24) is 0 Å². The van der Waals surface area contributed by atoms with Crippen LogP contribution in [0.25, 0.3) is 0 Å². The number of carbonyl (C=O) groups is 1. The number of methoxy groups -OCH3 is 1. The fourth-order valence-corrected chi connectivity index (χ4v) is 2.90. The van der Waals surface area contributed by atoms with Crippen LogP contribution in [-0.4, -0.2) is 48.1 Å². The highest BCUT2D eigenvalue weighted by Crippen LogP contribution is 2.30. The number of aliphatic hydroxyl groups excluding tert-OH is 1. The summed E-state index contributed by atoms with van der Waals surface area (Å²) in [5, 5.41) is 10.6. The van der Waals surface area contributed by atoms with Crippen LogP contribution in [0, 0.1) is 5.92 Å². The second-order valence-corrected chi connectivity index (χ2v) is 5.67. The van der Waals surface area contributed by atoms with E-state index in [2.05, 4.69) is 15.9 Å². The SMILES string of the molecule is COC1OC(CBr)C(OC(=O)c2ccccc2)C(C)C1O. The van der Waals surface area contributed by atoms with E-state index in [1.165, 1.54) is 7.11 Å². The Labute approximate surface area is 132 Å². The van der Waals surface area contributed by atoms with Gasteiger partial charge in [0, 0.05) is 18.4 Å². The third kappa shape index (κ3) is 3.63. The highest BCUT2D eigenvalue weighted by molar-refractivity contribution is 9.09.